The van der Waals surface area contributed by atoms with Gasteiger partial charge in [0, 0.05) is 12.6 Å². The zero-order valence-corrected chi connectivity index (χ0v) is 12.6. The molecule has 1 aromatic rings. The van der Waals surface area contributed by atoms with Gasteiger partial charge in [-0.25, -0.2) is 0 Å². The molecular weight excluding hydrogens is 246 g/mol. The minimum absolute atomic E-state index is 0.518. The van der Waals surface area contributed by atoms with E-state index < -0.39 is 0 Å². The predicted octanol–water partition coefficient (Wildman–Crippen LogP) is 3.65. The lowest BCUT2D eigenvalue weighted by atomic mass is 9.77. The molecule has 110 valence electrons. The maximum atomic E-state index is 5.78. The third-order valence-electron chi connectivity index (χ3n) is 5.10. The van der Waals surface area contributed by atoms with Gasteiger partial charge in [0.25, 0.3) is 0 Å². The Morgan fingerprint density at radius 2 is 2.15 bits per heavy atom. The van der Waals surface area contributed by atoms with Gasteiger partial charge in [-0.2, -0.15) is 0 Å². The van der Waals surface area contributed by atoms with Gasteiger partial charge in [0.2, 0.25) is 0 Å². The van der Waals surface area contributed by atoms with Crippen LogP contribution in [0.25, 0.3) is 0 Å². The Balaban J connectivity index is 1.66. The summed E-state index contributed by atoms with van der Waals surface area (Å²) in [7, 11) is 2.12. The van der Waals surface area contributed by atoms with Crippen molar-refractivity contribution in [1.29, 1.82) is 0 Å². The van der Waals surface area contributed by atoms with Gasteiger partial charge < -0.3 is 10.1 Å². The van der Waals surface area contributed by atoms with Crippen molar-refractivity contribution in [3.05, 3.63) is 35.4 Å². The molecule has 20 heavy (non-hydrogen) atoms. The van der Waals surface area contributed by atoms with Crippen molar-refractivity contribution in [1.82, 2.24) is 5.32 Å². The largest absolute Gasteiger partial charge is 0.378 e. The normalized spacial score (nSPS) is 27.2. The first kappa shape index (κ1) is 14.1. The maximum absolute atomic E-state index is 5.78. The van der Waals surface area contributed by atoms with Crippen molar-refractivity contribution in [3.8, 4) is 0 Å². The van der Waals surface area contributed by atoms with Crippen LogP contribution in [0.3, 0.4) is 0 Å². The summed E-state index contributed by atoms with van der Waals surface area (Å²) in [6.45, 7) is 0.973. The van der Waals surface area contributed by atoms with E-state index in [0.717, 1.165) is 6.61 Å². The molecule has 0 aromatic heterocycles. The molecule has 1 N–H and O–H groups in total. The van der Waals surface area contributed by atoms with Crippen LogP contribution >= 0.6 is 0 Å². The van der Waals surface area contributed by atoms with E-state index in [1.165, 1.54) is 44.9 Å². The lowest BCUT2D eigenvalue weighted by molar-refractivity contribution is 0.0986. The number of hydrogen-bond acceptors (Lipinski definition) is 2. The van der Waals surface area contributed by atoms with E-state index in [2.05, 4.69) is 36.6 Å². The molecular formula is C18H27NO. The molecule has 2 heteroatoms. The van der Waals surface area contributed by atoms with Gasteiger partial charge in [0.15, 0.2) is 0 Å². The second kappa shape index (κ2) is 6.73. The smallest absolute Gasteiger partial charge is 0.0576 e. The highest BCUT2D eigenvalue weighted by Crippen LogP contribution is 2.35. The van der Waals surface area contributed by atoms with Gasteiger partial charge in [0.05, 0.1) is 6.10 Å². The van der Waals surface area contributed by atoms with Crippen molar-refractivity contribution < 1.29 is 4.74 Å². The first-order valence-electron chi connectivity index (χ1n) is 8.25. The highest BCUT2D eigenvalue weighted by atomic mass is 16.5. The van der Waals surface area contributed by atoms with Crippen molar-refractivity contribution in [3.63, 3.8) is 0 Å². The molecule has 1 aromatic carbocycles. The number of fused-ring (bicyclic) bond motifs is 1. The van der Waals surface area contributed by atoms with E-state index in [1.54, 1.807) is 11.1 Å². The zero-order chi connectivity index (χ0) is 13.8. The summed E-state index contributed by atoms with van der Waals surface area (Å²) in [5.74, 6) is 0.686. The number of ether oxygens (including phenoxy) is 1. The van der Waals surface area contributed by atoms with Crippen molar-refractivity contribution in [2.45, 2.75) is 63.0 Å². The van der Waals surface area contributed by atoms with Crippen LogP contribution in [0.1, 0.15) is 55.6 Å². The van der Waals surface area contributed by atoms with E-state index in [1.807, 2.05) is 0 Å². The number of aryl methyl sites for hydroxylation is 1. The lowest BCUT2D eigenvalue weighted by Crippen LogP contribution is -2.34. The Hall–Kier alpha value is -0.860. The molecule has 1 aliphatic carbocycles. The van der Waals surface area contributed by atoms with Crippen molar-refractivity contribution in [2.75, 3.05) is 13.7 Å². The number of likely N-dealkylation sites (N-methyl/N-ethyl adjacent to an activating group) is 1. The van der Waals surface area contributed by atoms with Gasteiger partial charge in [-0.3, -0.25) is 0 Å². The number of benzene rings is 1. The summed E-state index contributed by atoms with van der Waals surface area (Å²) in [6.07, 6.45) is 9.40. The predicted molar refractivity (Wildman–Crippen MR) is 83.2 cm³/mol. The third-order valence-corrected chi connectivity index (χ3v) is 5.10. The third kappa shape index (κ3) is 3.07. The van der Waals surface area contributed by atoms with Crippen molar-refractivity contribution >= 4 is 0 Å². The molecule has 0 bridgehead atoms. The second-order valence-electron chi connectivity index (χ2n) is 6.31. The van der Waals surface area contributed by atoms with E-state index in [-0.39, 0.29) is 0 Å². The van der Waals surface area contributed by atoms with E-state index >= 15 is 0 Å². The molecule has 1 aliphatic heterocycles. The fraction of sp³-hybridized carbons (Fsp3) is 0.667. The zero-order valence-electron chi connectivity index (χ0n) is 12.6. The van der Waals surface area contributed by atoms with Crippen LogP contribution in [0.2, 0.25) is 0 Å². The highest BCUT2D eigenvalue weighted by molar-refractivity contribution is 5.33. The van der Waals surface area contributed by atoms with Gasteiger partial charge in [0.1, 0.15) is 0 Å². The van der Waals surface area contributed by atoms with Gasteiger partial charge in [-0.05, 0) is 69.0 Å². The Morgan fingerprint density at radius 3 is 2.95 bits per heavy atom. The molecule has 2 nitrogen and oxygen atoms in total. The van der Waals surface area contributed by atoms with Crippen LogP contribution in [0, 0.1) is 0 Å². The standard InChI is InChI=1S/C18H27NO/c1-19-18(12-11-15-8-5-13-20-15)17-10-4-7-14-6-2-3-9-16(14)17/h2-3,6,9,15,17-19H,4-5,7-8,10-13H2,1H3. The van der Waals surface area contributed by atoms with Crippen LogP contribution in [0.5, 0.6) is 0 Å². The summed E-state index contributed by atoms with van der Waals surface area (Å²) in [4.78, 5) is 0. The molecule has 3 rings (SSSR count). The summed E-state index contributed by atoms with van der Waals surface area (Å²) in [5, 5.41) is 3.58. The Kier molecular flexibility index (Phi) is 4.74. The number of rotatable bonds is 5. The van der Waals surface area contributed by atoms with E-state index in [4.69, 9.17) is 4.74 Å². The Morgan fingerprint density at radius 1 is 1.25 bits per heavy atom. The molecule has 1 fully saturated rings. The molecule has 0 radical (unpaired) electrons. The van der Waals surface area contributed by atoms with E-state index in [0.29, 0.717) is 18.1 Å². The molecule has 0 amide bonds. The summed E-state index contributed by atoms with van der Waals surface area (Å²) >= 11 is 0. The minimum atomic E-state index is 0.518. The number of hydrogen-bond donors (Lipinski definition) is 1. The quantitative estimate of drug-likeness (QED) is 0.884. The molecule has 0 spiro atoms. The Labute approximate surface area is 122 Å². The van der Waals surface area contributed by atoms with Crippen LogP contribution in [0.15, 0.2) is 24.3 Å². The van der Waals surface area contributed by atoms with Gasteiger partial charge >= 0.3 is 0 Å². The van der Waals surface area contributed by atoms with Crippen LogP contribution in [0.4, 0.5) is 0 Å². The van der Waals surface area contributed by atoms with Gasteiger partial charge in [-0.15, -0.1) is 0 Å². The van der Waals surface area contributed by atoms with Gasteiger partial charge in [-0.1, -0.05) is 24.3 Å². The average Bonchev–Trinajstić information content (AvgIpc) is 3.01. The maximum Gasteiger partial charge on any atom is 0.0576 e. The average molecular weight is 273 g/mol. The van der Waals surface area contributed by atoms with E-state index in [9.17, 15) is 0 Å². The monoisotopic (exact) mass is 273 g/mol. The topological polar surface area (TPSA) is 21.3 Å². The summed E-state index contributed by atoms with van der Waals surface area (Å²) in [5.41, 5.74) is 3.16. The summed E-state index contributed by atoms with van der Waals surface area (Å²) < 4.78 is 5.78. The fourth-order valence-corrected chi connectivity index (χ4v) is 3.99. The number of nitrogens with one attached hydrogen (secondary N) is 1. The first-order valence-corrected chi connectivity index (χ1v) is 8.25. The van der Waals surface area contributed by atoms with Crippen LogP contribution in [-0.4, -0.2) is 25.8 Å². The van der Waals surface area contributed by atoms with Crippen LogP contribution < -0.4 is 5.32 Å². The van der Waals surface area contributed by atoms with Crippen LogP contribution in [-0.2, 0) is 11.2 Å². The molecule has 3 unspecified atom stereocenters. The molecule has 1 saturated heterocycles. The Bertz CT molecular complexity index is 425. The SMILES string of the molecule is CNC(CCC1CCCO1)C1CCCc2ccccc21. The molecule has 3 atom stereocenters. The fourth-order valence-electron chi connectivity index (χ4n) is 3.99. The second-order valence-corrected chi connectivity index (χ2v) is 6.31. The lowest BCUT2D eigenvalue weighted by Gasteiger charge is -2.33. The highest BCUT2D eigenvalue weighted by Gasteiger charge is 2.27. The molecule has 2 aliphatic rings. The van der Waals surface area contributed by atoms with Crippen molar-refractivity contribution in [2.24, 2.45) is 0 Å². The minimum Gasteiger partial charge on any atom is -0.378 e. The molecule has 1 heterocycles. The first-order chi connectivity index (χ1) is 9.88. The summed E-state index contributed by atoms with van der Waals surface area (Å²) in [6, 6.07) is 9.64. The molecule has 0 saturated carbocycles.